The van der Waals surface area contributed by atoms with Crippen LogP contribution in [0.5, 0.6) is 0 Å². The predicted molar refractivity (Wildman–Crippen MR) is 46.4 cm³/mol. The molecule has 1 aromatic carbocycles. The van der Waals surface area contributed by atoms with Crippen molar-refractivity contribution in [2.24, 2.45) is 0 Å². The van der Waals surface area contributed by atoms with Gasteiger partial charge in [-0.15, -0.1) is 0 Å². The molecular weight excluding hydrogens is 206 g/mol. The standard InChI is InChI=1S/C8H6BrNO/c1-5-3-2-4-6-7(5)11-8(9)10-6/h2-4H,1H3. The average molecular weight is 212 g/mol. The molecule has 0 aliphatic rings. The Morgan fingerprint density at radius 3 is 3.00 bits per heavy atom. The van der Waals surface area contributed by atoms with Crippen molar-refractivity contribution < 1.29 is 4.42 Å². The number of rotatable bonds is 0. The van der Waals surface area contributed by atoms with Crippen molar-refractivity contribution in [1.29, 1.82) is 0 Å². The Kier molecular flexibility index (Phi) is 1.46. The van der Waals surface area contributed by atoms with Gasteiger partial charge in [-0.3, -0.25) is 0 Å². The lowest BCUT2D eigenvalue weighted by Gasteiger charge is -1.88. The quantitative estimate of drug-likeness (QED) is 0.670. The molecule has 2 nitrogen and oxygen atoms in total. The first-order valence-corrected chi connectivity index (χ1v) is 4.08. The molecule has 0 unspecified atom stereocenters. The first-order chi connectivity index (χ1) is 5.27. The number of benzene rings is 1. The lowest BCUT2D eigenvalue weighted by Crippen LogP contribution is -1.71. The number of aromatic nitrogens is 1. The van der Waals surface area contributed by atoms with Crippen LogP contribution in [0.3, 0.4) is 0 Å². The van der Waals surface area contributed by atoms with E-state index in [0.717, 1.165) is 16.7 Å². The van der Waals surface area contributed by atoms with Gasteiger partial charge in [-0.2, -0.15) is 0 Å². The highest BCUT2D eigenvalue weighted by Gasteiger charge is 2.03. The van der Waals surface area contributed by atoms with E-state index in [0.29, 0.717) is 4.80 Å². The SMILES string of the molecule is Cc1cccc2nc(Br)oc12. The van der Waals surface area contributed by atoms with Crippen LogP contribution in [0, 0.1) is 6.92 Å². The third kappa shape index (κ3) is 1.05. The van der Waals surface area contributed by atoms with Gasteiger partial charge >= 0.3 is 0 Å². The van der Waals surface area contributed by atoms with Gasteiger partial charge in [-0.25, -0.2) is 4.98 Å². The van der Waals surface area contributed by atoms with Crippen LogP contribution in [-0.2, 0) is 0 Å². The van der Waals surface area contributed by atoms with Crippen molar-refractivity contribution in [2.45, 2.75) is 6.92 Å². The highest BCUT2D eigenvalue weighted by Crippen LogP contribution is 2.21. The molecule has 0 atom stereocenters. The number of hydrogen-bond donors (Lipinski definition) is 0. The summed E-state index contributed by atoms with van der Waals surface area (Å²) >= 11 is 3.18. The summed E-state index contributed by atoms with van der Waals surface area (Å²) < 4.78 is 5.30. The van der Waals surface area contributed by atoms with E-state index in [4.69, 9.17) is 4.42 Å². The molecule has 0 saturated heterocycles. The highest BCUT2D eigenvalue weighted by atomic mass is 79.9. The van der Waals surface area contributed by atoms with Crippen LogP contribution in [0.2, 0.25) is 0 Å². The van der Waals surface area contributed by atoms with Gasteiger partial charge in [-0.1, -0.05) is 12.1 Å². The molecular formula is C8H6BrNO. The van der Waals surface area contributed by atoms with Gasteiger partial charge in [0, 0.05) is 15.9 Å². The Labute approximate surface area is 72.4 Å². The van der Waals surface area contributed by atoms with Gasteiger partial charge in [0.1, 0.15) is 5.52 Å². The number of halogens is 1. The fraction of sp³-hybridized carbons (Fsp3) is 0.125. The predicted octanol–water partition coefficient (Wildman–Crippen LogP) is 2.90. The Bertz CT molecular complexity index is 394. The molecule has 0 fully saturated rings. The van der Waals surface area contributed by atoms with E-state index in [1.165, 1.54) is 0 Å². The van der Waals surface area contributed by atoms with Crippen molar-refractivity contribution in [2.75, 3.05) is 0 Å². The molecule has 0 spiro atoms. The van der Waals surface area contributed by atoms with E-state index >= 15 is 0 Å². The van der Waals surface area contributed by atoms with Crippen LogP contribution < -0.4 is 0 Å². The van der Waals surface area contributed by atoms with E-state index in [-0.39, 0.29) is 0 Å². The molecule has 56 valence electrons. The third-order valence-corrected chi connectivity index (χ3v) is 1.92. The molecule has 0 aliphatic heterocycles. The molecule has 2 rings (SSSR count). The van der Waals surface area contributed by atoms with Crippen LogP contribution in [0.25, 0.3) is 11.1 Å². The molecule has 0 radical (unpaired) electrons. The summed E-state index contributed by atoms with van der Waals surface area (Å²) in [6, 6.07) is 5.89. The summed E-state index contributed by atoms with van der Waals surface area (Å²) in [7, 11) is 0. The summed E-state index contributed by atoms with van der Waals surface area (Å²) in [5, 5.41) is 0. The first kappa shape index (κ1) is 6.85. The number of para-hydroxylation sites is 1. The molecule has 0 amide bonds. The van der Waals surface area contributed by atoms with Gasteiger partial charge in [0.2, 0.25) is 0 Å². The minimum Gasteiger partial charge on any atom is -0.431 e. The van der Waals surface area contributed by atoms with Gasteiger partial charge in [-0.05, 0) is 18.6 Å². The maximum absolute atomic E-state index is 5.30. The summed E-state index contributed by atoms with van der Waals surface area (Å²) in [4.78, 5) is 4.67. The van der Waals surface area contributed by atoms with Crippen LogP contribution in [0.1, 0.15) is 5.56 Å². The molecule has 0 bridgehead atoms. The van der Waals surface area contributed by atoms with Crippen LogP contribution >= 0.6 is 15.9 Å². The zero-order chi connectivity index (χ0) is 7.84. The second-order valence-electron chi connectivity index (χ2n) is 2.39. The molecule has 0 aliphatic carbocycles. The molecule has 11 heavy (non-hydrogen) atoms. The van der Waals surface area contributed by atoms with Crippen LogP contribution in [-0.4, -0.2) is 4.98 Å². The van der Waals surface area contributed by atoms with Crippen molar-refractivity contribution in [3.63, 3.8) is 0 Å². The van der Waals surface area contributed by atoms with Crippen molar-refractivity contribution >= 4 is 27.0 Å². The smallest absolute Gasteiger partial charge is 0.265 e. The molecule has 3 heteroatoms. The molecule has 1 aromatic heterocycles. The summed E-state index contributed by atoms with van der Waals surface area (Å²) in [5.74, 6) is 0. The summed E-state index contributed by atoms with van der Waals surface area (Å²) in [6.07, 6.45) is 0. The number of fused-ring (bicyclic) bond motifs is 1. The molecule has 2 aromatic rings. The fourth-order valence-electron chi connectivity index (χ4n) is 1.06. The van der Waals surface area contributed by atoms with Crippen molar-refractivity contribution in [1.82, 2.24) is 4.98 Å². The zero-order valence-corrected chi connectivity index (χ0v) is 7.55. The van der Waals surface area contributed by atoms with E-state index < -0.39 is 0 Å². The number of oxazole rings is 1. The van der Waals surface area contributed by atoms with Crippen molar-refractivity contribution in [3.05, 3.63) is 28.6 Å². The third-order valence-electron chi connectivity index (χ3n) is 1.59. The van der Waals surface area contributed by atoms with Crippen molar-refractivity contribution in [3.8, 4) is 0 Å². The topological polar surface area (TPSA) is 26.0 Å². The van der Waals surface area contributed by atoms with Crippen LogP contribution in [0.4, 0.5) is 0 Å². The maximum Gasteiger partial charge on any atom is 0.265 e. The number of hydrogen-bond acceptors (Lipinski definition) is 2. The number of aryl methyl sites for hydroxylation is 1. The monoisotopic (exact) mass is 211 g/mol. The summed E-state index contributed by atoms with van der Waals surface area (Å²) in [5.41, 5.74) is 2.87. The average Bonchev–Trinajstić information content (AvgIpc) is 2.31. The zero-order valence-electron chi connectivity index (χ0n) is 5.97. The second-order valence-corrected chi connectivity index (χ2v) is 3.07. The molecule has 0 N–H and O–H groups in total. The minimum atomic E-state index is 0.543. The normalized spacial score (nSPS) is 10.7. The number of nitrogens with zero attached hydrogens (tertiary/aromatic N) is 1. The second kappa shape index (κ2) is 2.34. The maximum atomic E-state index is 5.30. The Morgan fingerprint density at radius 2 is 2.27 bits per heavy atom. The van der Waals surface area contributed by atoms with Gasteiger partial charge in [0.15, 0.2) is 5.58 Å². The van der Waals surface area contributed by atoms with Gasteiger partial charge < -0.3 is 4.42 Å². The minimum absolute atomic E-state index is 0.543. The lowest BCUT2D eigenvalue weighted by molar-refractivity contribution is 0.568. The molecule has 1 heterocycles. The first-order valence-electron chi connectivity index (χ1n) is 3.29. The van der Waals surface area contributed by atoms with Crippen LogP contribution in [0.15, 0.2) is 27.4 Å². The van der Waals surface area contributed by atoms with Gasteiger partial charge in [0.25, 0.3) is 4.80 Å². The van der Waals surface area contributed by atoms with Gasteiger partial charge in [0.05, 0.1) is 0 Å². The van der Waals surface area contributed by atoms with E-state index in [1.54, 1.807) is 0 Å². The van der Waals surface area contributed by atoms with E-state index in [9.17, 15) is 0 Å². The fourth-order valence-corrected chi connectivity index (χ4v) is 1.41. The highest BCUT2D eigenvalue weighted by molar-refractivity contribution is 9.10. The van der Waals surface area contributed by atoms with E-state index in [2.05, 4.69) is 20.9 Å². The van der Waals surface area contributed by atoms with E-state index in [1.807, 2.05) is 25.1 Å². The Morgan fingerprint density at radius 1 is 1.45 bits per heavy atom. The molecule has 0 saturated carbocycles. The Hall–Kier alpha value is -0.830. The lowest BCUT2D eigenvalue weighted by atomic mass is 10.2. The Balaban J connectivity index is 2.90. The summed E-state index contributed by atoms with van der Waals surface area (Å²) in [6.45, 7) is 2.00. The largest absolute Gasteiger partial charge is 0.431 e.